The third kappa shape index (κ3) is 2.94. The van der Waals surface area contributed by atoms with Gasteiger partial charge in [0, 0.05) is 11.3 Å². The fourth-order valence-electron chi connectivity index (χ4n) is 1.89. The van der Waals surface area contributed by atoms with Crippen molar-refractivity contribution in [1.29, 1.82) is 0 Å². The minimum atomic E-state index is -0.831. The zero-order valence-electron chi connectivity index (χ0n) is 10.3. The van der Waals surface area contributed by atoms with Gasteiger partial charge in [-0.2, -0.15) is 0 Å². The summed E-state index contributed by atoms with van der Waals surface area (Å²) in [6, 6.07) is 9.79. The number of methoxy groups -OCH3 is 1. The highest BCUT2D eigenvalue weighted by Crippen LogP contribution is 2.32. The first-order chi connectivity index (χ1) is 8.53. The monoisotopic (exact) mass is 326 g/mol. The largest absolute Gasteiger partial charge is 0.496 e. The molecule has 0 amide bonds. The summed E-state index contributed by atoms with van der Waals surface area (Å²) in [7, 11) is 1.64. The van der Waals surface area contributed by atoms with E-state index in [9.17, 15) is 5.11 Å². The summed E-state index contributed by atoms with van der Waals surface area (Å²) in [4.78, 5) is 0.981. The van der Waals surface area contributed by atoms with Crippen molar-refractivity contribution >= 4 is 27.3 Å². The van der Waals surface area contributed by atoms with Crippen molar-refractivity contribution in [3.05, 3.63) is 50.6 Å². The van der Waals surface area contributed by atoms with Gasteiger partial charge >= 0.3 is 0 Å². The molecular formula is C14H15BrO2S. The lowest BCUT2D eigenvalue weighted by Gasteiger charge is -2.22. The minimum Gasteiger partial charge on any atom is -0.496 e. The Bertz CT molecular complexity index is 521. The Balaban J connectivity index is 2.21. The number of thiophene rings is 1. The van der Waals surface area contributed by atoms with Crippen molar-refractivity contribution in [3.63, 3.8) is 0 Å². The van der Waals surface area contributed by atoms with Gasteiger partial charge in [-0.15, -0.1) is 11.3 Å². The van der Waals surface area contributed by atoms with E-state index in [1.807, 2.05) is 42.6 Å². The maximum absolute atomic E-state index is 10.5. The van der Waals surface area contributed by atoms with Crippen molar-refractivity contribution in [1.82, 2.24) is 0 Å². The molecule has 0 aliphatic rings. The third-order valence-corrected chi connectivity index (χ3v) is 4.56. The lowest BCUT2D eigenvalue weighted by Crippen LogP contribution is -2.22. The Hall–Kier alpha value is -0.840. The molecule has 2 aromatic rings. The number of aliphatic hydroxyl groups is 1. The Morgan fingerprint density at radius 1 is 1.39 bits per heavy atom. The highest BCUT2D eigenvalue weighted by molar-refractivity contribution is 9.10. The Morgan fingerprint density at radius 3 is 2.72 bits per heavy atom. The third-order valence-electron chi connectivity index (χ3n) is 2.82. The summed E-state index contributed by atoms with van der Waals surface area (Å²) >= 11 is 5.03. The fourth-order valence-corrected chi connectivity index (χ4v) is 3.26. The van der Waals surface area contributed by atoms with Crippen molar-refractivity contribution in [2.24, 2.45) is 0 Å². The van der Waals surface area contributed by atoms with Crippen LogP contribution >= 0.6 is 27.3 Å². The van der Waals surface area contributed by atoms with Gasteiger partial charge in [0.2, 0.25) is 0 Å². The van der Waals surface area contributed by atoms with Crippen LogP contribution in [-0.2, 0) is 12.0 Å². The molecule has 0 saturated carbocycles. The molecule has 0 saturated heterocycles. The number of hydrogen-bond acceptors (Lipinski definition) is 3. The molecule has 1 aromatic heterocycles. The molecule has 1 unspecified atom stereocenters. The van der Waals surface area contributed by atoms with Gasteiger partial charge in [0.15, 0.2) is 0 Å². The minimum absolute atomic E-state index is 0.579. The smallest absolute Gasteiger partial charge is 0.133 e. The van der Waals surface area contributed by atoms with Crippen LogP contribution in [0.25, 0.3) is 0 Å². The number of benzene rings is 1. The maximum atomic E-state index is 10.5. The molecule has 4 heteroatoms. The zero-order chi connectivity index (χ0) is 13.2. The van der Waals surface area contributed by atoms with Crippen LogP contribution < -0.4 is 4.74 Å². The molecule has 0 spiro atoms. The summed E-state index contributed by atoms with van der Waals surface area (Å²) < 4.78 is 6.10. The molecule has 18 heavy (non-hydrogen) atoms. The number of rotatable bonds is 4. The van der Waals surface area contributed by atoms with Crippen LogP contribution in [0.1, 0.15) is 17.4 Å². The molecule has 0 radical (unpaired) electrons. The van der Waals surface area contributed by atoms with E-state index in [0.717, 1.165) is 20.7 Å². The second-order valence-electron chi connectivity index (χ2n) is 4.40. The first-order valence-corrected chi connectivity index (χ1v) is 7.29. The summed E-state index contributed by atoms with van der Waals surface area (Å²) in [5, 5.41) is 12.5. The molecular weight excluding hydrogens is 312 g/mol. The van der Waals surface area contributed by atoms with Gasteiger partial charge in [-0.25, -0.2) is 0 Å². The standard InChI is InChI=1S/C14H15BrO2S/c1-14(16,13-4-3-7-18-13)9-10-5-6-12(17-2)11(15)8-10/h3-8,16H,9H2,1-2H3. The number of halogens is 1. The van der Waals surface area contributed by atoms with Gasteiger partial charge in [-0.1, -0.05) is 12.1 Å². The maximum Gasteiger partial charge on any atom is 0.133 e. The molecule has 1 aromatic carbocycles. The second-order valence-corrected chi connectivity index (χ2v) is 6.20. The fraction of sp³-hybridized carbons (Fsp3) is 0.286. The highest BCUT2D eigenvalue weighted by Gasteiger charge is 2.24. The van der Waals surface area contributed by atoms with E-state index in [0.29, 0.717) is 6.42 Å². The van der Waals surface area contributed by atoms with E-state index in [1.54, 1.807) is 18.4 Å². The van der Waals surface area contributed by atoms with E-state index in [2.05, 4.69) is 15.9 Å². The molecule has 96 valence electrons. The van der Waals surface area contributed by atoms with Crippen LogP contribution in [0.5, 0.6) is 5.75 Å². The summed E-state index contributed by atoms with van der Waals surface area (Å²) in [6.07, 6.45) is 0.579. The van der Waals surface area contributed by atoms with E-state index in [4.69, 9.17) is 4.74 Å². The first kappa shape index (κ1) is 13.6. The number of hydrogen-bond donors (Lipinski definition) is 1. The molecule has 0 aliphatic carbocycles. The molecule has 0 fully saturated rings. The predicted molar refractivity (Wildman–Crippen MR) is 78.3 cm³/mol. The zero-order valence-corrected chi connectivity index (χ0v) is 12.7. The van der Waals surface area contributed by atoms with Gasteiger partial charge < -0.3 is 9.84 Å². The molecule has 1 atom stereocenters. The summed E-state index contributed by atoms with van der Waals surface area (Å²) in [6.45, 7) is 1.84. The van der Waals surface area contributed by atoms with E-state index >= 15 is 0 Å². The normalized spacial score (nSPS) is 14.2. The van der Waals surface area contributed by atoms with Crippen LogP contribution in [-0.4, -0.2) is 12.2 Å². The summed E-state index contributed by atoms with van der Waals surface area (Å²) in [5.74, 6) is 0.800. The van der Waals surface area contributed by atoms with E-state index < -0.39 is 5.60 Å². The van der Waals surface area contributed by atoms with Gasteiger partial charge in [-0.05, 0) is 52.0 Å². The average Bonchev–Trinajstić information content (AvgIpc) is 2.82. The molecule has 2 nitrogen and oxygen atoms in total. The van der Waals surface area contributed by atoms with Crippen LogP contribution in [0.3, 0.4) is 0 Å². The van der Waals surface area contributed by atoms with Gasteiger partial charge in [-0.3, -0.25) is 0 Å². The molecule has 1 heterocycles. The van der Waals surface area contributed by atoms with Gasteiger partial charge in [0.25, 0.3) is 0 Å². The first-order valence-electron chi connectivity index (χ1n) is 5.62. The van der Waals surface area contributed by atoms with Crippen LogP contribution in [0.4, 0.5) is 0 Å². The van der Waals surface area contributed by atoms with Crippen LogP contribution in [0, 0.1) is 0 Å². The van der Waals surface area contributed by atoms with Gasteiger partial charge in [0.1, 0.15) is 5.75 Å². The second kappa shape index (κ2) is 5.43. The highest BCUT2D eigenvalue weighted by atomic mass is 79.9. The molecule has 0 aliphatic heterocycles. The van der Waals surface area contributed by atoms with E-state index in [-0.39, 0.29) is 0 Å². The predicted octanol–water partition coefficient (Wildman–Crippen LogP) is 3.97. The topological polar surface area (TPSA) is 29.5 Å². The number of ether oxygens (including phenoxy) is 1. The average molecular weight is 327 g/mol. The summed E-state index contributed by atoms with van der Waals surface area (Å²) in [5.41, 5.74) is 0.239. The molecule has 2 rings (SSSR count). The van der Waals surface area contributed by atoms with Crippen LogP contribution in [0.2, 0.25) is 0 Å². The molecule has 0 bridgehead atoms. The quantitative estimate of drug-likeness (QED) is 0.921. The Labute approximate surface area is 119 Å². The SMILES string of the molecule is COc1ccc(CC(C)(O)c2cccs2)cc1Br. The van der Waals surface area contributed by atoms with Crippen LogP contribution in [0.15, 0.2) is 40.2 Å². The van der Waals surface area contributed by atoms with Crippen molar-refractivity contribution in [2.45, 2.75) is 18.9 Å². The van der Waals surface area contributed by atoms with E-state index in [1.165, 1.54) is 0 Å². The van der Waals surface area contributed by atoms with Gasteiger partial charge in [0.05, 0.1) is 17.2 Å². The lowest BCUT2D eigenvalue weighted by atomic mass is 9.95. The Kier molecular flexibility index (Phi) is 4.10. The van der Waals surface area contributed by atoms with Crippen molar-refractivity contribution in [2.75, 3.05) is 7.11 Å². The molecule has 1 N–H and O–H groups in total. The Morgan fingerprint density at radius 2 is 2.17 bits per heavy atom. The van der Waals surface area contributed by atoms with Crippen molar-refractivity contribution < 1.29 is 9.84 Å². The lowest BCUT2D eigenvalue weighted by molar-refractivity contribution is 0.0615. The van der Waals surface area contributed by atoms with Crippen molar-refractivity contribution in [3.8, 4) is 5.75 Å².